The zero-order valence-electron chi connectivity index (χ0n) is 16.0. The molecule has 1 aromatic heterocycles. The quantitative estimate of drug-likeness (QED) is 0.419. The van der Waals surface area contributed by atoms with E-state index in [9.17, 15) is 28.1 Å². The number of carbonyl (C=O) groups is 1. The van der Waals surface area contributed by atoms with Gasteiger partial charge in [-0.15, -0.1) is 0 Å². The number of hydrogen-bond donors (Lipinski definition) is 1. The SMILES string of the molecule is COc1cc([N+](=O)[O-])ccc1-n1cccc1/C=C1/C(=N)N2N=C(C(F)(F)F)SC2=NC1=O. The predicted octanol–water partition coefficient (Wildman–Crippen LogP) is 3.58. The second-order valence-electron chi connectivity index (χ2n) is 6.34. The molecule has 1 N–H and O–H groups in total. The number of carbonyl (C=O) groups excluding carboxylic acids is 1. The molecule has 10 nitrogen and oxygen atoms in total. The summed E-state index contributed by atoms with van der Waals surface area (Å²) in [5, 5.41) is 21.6. The van der Waals surface area contributed by atoms with Crippen LogP contribution in [0, 0.1) is 15.5 Å². The number of hydrazone groups is 1. The Hall–Kier alpha value is -3.94. The van der Waals surface area contributed by atoms with E-state index >= 15 is 0 Å². The van der Waals surface area contributed by atoms with Gasteiger partial charge in [-0.3, -0.25) is 20.3 Å². The maximum atomic E-state index is 13.0. The number of nitrogens with zero attached hydrogens (tertiary/aromatic N) is 5. The van der Waals surface area contributed by atoms with Gasteiger partial charge in [-0.1, -0.05) is 0 Å². The molecule has 0 saturated carbocycles. The van der Waals surface area contributed by atoms with E-state index in [2.05, 4.69) is 10.1 Å². The molecule has 32 heavy (non-hydrogen) atoms. The Bertz CT molecular complexity index is 1260. The molecule has 2 aliphatic heterocycles. The first-order valence-electron chi connectivity index (χ1n) is 8.67. The Balaban J connectivity index is 1.74. The van der Waals surface area contributed by atoms with Crippen molar-refractivity contribution in [3.05, 3.63) is 57.9 Å². The average Bonchev–Trinajstić information content (AvgIpc) is 3.37. The third-order valence-corrected chi connectivity index (χ3v) is 5.36. The van der Waals surface area contributed by atoms with Gasteiger partial charge in [-0.25, -0.2) is 0 Å². The van der Waals surface area contributed by atoms with Crippen LogP contribution in [0.2, 0.25) is 0 Å². The van der Waals surface area contributed by atoms with E-state index in [0.717, 1.165) is 0 Å². The van der Waals surface area contributed by atoms with Crippen LogP contribution in [-0.4, -0.2) is 49.7 Å². The number of benzene rings is 1. The maximum absolute atomic E-state index is 13.0. The monoisotopic (exact) mass is 464 g/mol. The van der Waals surface area contributed by atoms with Gasteiger partial charge in [0.2, 0.25) is 10.2 Å². The van der Waals surface area contributed by atoms with E-state index in [1.54, 1.807) is 22.9 Å². The number of aliphatic imine (C=N–C) groups is 1. The van der Waals surface area contributed by atoms with E-state index < -0.39 is 27.9 Å². The molecule has 2 aromatic rings. The summed E-state index contributed by atoms with van der Waals surface area (Å²) in [7, 11) is 1.34. The number of nitrogens with one attached hydrogen (secondary N) is 1. The first-order chi connectivity index (χ1) is 15.1. The molecule has 1 amide bonds. The lowest BCUT2D eigenvalue weighted by molar-refractivity contribution is -0.384. The van der Waals surface area contributed by atoms with E-state index in [0.29, 0.717) is 16.4 Å². The average molecular weight is 464 g/mol. The standard InChI is InChI=1S/C18H11F3N6O4S/c1-31-13-8-10(27(29)30)4-5-12(13)25-6-2-3-9(25)7-11-14(22)26-17(23-15(11)28)32-16(24-26)18(19,20)21/h2-8,22H,1H3/b11-7-,22-14?. The number of fused-ring (bicyclic) bond motifs is 1. The van der Waals surface area contributed by atoms with E-state index in [1.165, 1.54) is 31.4 Å². The molecule has 0 spiro atoms. The van der Waals surface area contributed by atoms with E-state index in [1.807, 2.05) is 0 Å². The van der Waals surface area contributed by atoms with Crippen LogP contribution >= 0.6 is 11.8 Å². The lowest BCUT2D eigenvalue weighted by Gasteiger charge is -2.20. The largest absolute Gasteiger partial charge is 0.494 e. The fraction of sp³-hybridized carbons (Fsp3) is 0.111. The Labute approximate surface area is 181 Å². The van der Waals surface area contributed by atoms with Crippen molar-refractivity contribution in [3.8, 4) is 11.4 Å². The molecular weight excluding hydrogens is 453 g/mol. The van der Waals surface area contributed by atoms with Crippen molar-refractivity contribution in [3.63, 3.8) is 0 Å². The van der Waals surface area contributed by atoms with Crippen LogP contribution in [0.4, 0.5) is 18.9 Å². The first-order valence-corrected chi connectivity index (χ1v) is 9.49. The number of amidine groups is 2. The molecule has 1 aromatic carbocycles. The third-order valence-electron chi connectivity index (χ3n) is 4.40. The highest BCUT2D eigenvalue weighted by atomic mass is 32.2. The van der Waals surface area contributed by atoms with Gasteiger partial charge in [0.05, 0.1) is 29.4 Å². The number of nitro benzene ring substituents is 1. The highest BCUT2D eigenvalue weighted by Gasteiger charge is 2.46. The summed E-state index contributed by atoms with van der Waals surface area (Å²) < 4.78 is 45.6. The number of nitro groups is 1. The molecule has 164 valence electrons. The zero-order chi connectivity index (χ0) is 23.2. The molecule has 3 heterocycles. The van der Waals surface area contributed by atoms with Crippen LogP contribution in [0.5, 0.6) is 5.75 Å². The summed E-state index contributed by atoms with van der Waals surface area (Å²) in [6.45, 7) is 0. The summed E-state index contributed by atoms with van der Waals surface area (Å²) in [6, 6.07) is 7.14. The van der Waals surface area contributed by atoms with Crippen LogP contribution in [0.25, 0.3) is 11.8 Å². The van der Waals surface area contributed by atoms with Gasteiger partial charge >= 0.3 is 6.18 Å². The highest BCUT2D eigenvalue weighted by Crippen LogP contribution is 2.36. The van der Waals surface area contributed by atoms with Crippen LogP contribution < -0.4 is 4.74 Å². The second kappa shape index (κ2) is 7.64. The van der Waals surface area contributed by atoms with Crippen molar-refractivity contribution in [2.24, 2.45) is 10.1 Å². The van der Waals surface area contributed by atoms with Crippen molar-refractivity contribution >= 4 is 45.5 Å². The topological polar surface area (TPSA) is 126 Å². The van der Waals surface area contributed by atoms with E-state index in [4.69, 9.17) is 10.1 Å². The normalized spacial score (nSPS) is 17.4. The lowest BCUT2D eigenvalue weighted by atomic mass is 10.1. The minimum Gasteiger partial charge on any atom is -0.494 e. The van der Waals surface area contributed by atoms with Gasteiger partial charge in [0, 0.05) is 18.0 Å². The van der Waals surface area contributed by atoms with Gasteiger partial charge in [-0.05, 0) is 36.0 Å². The number of rotatable bonds is 4. The van der Waals surface area contributed by atoms with Crippen LogP contribution in [-0.2, 0) is 4.79 Å². The number of hydrogen-bond acceptors (Lipinski definition) is 7. The molecule has 0 radical (unpaired) electrons. The summed E-state index contributed by atoms with van der Waals surface area (Å²) in [6.07, 6.45) is -1.87. The van der Waals surface area contributed by atoms with Gasteiger partial charge in [-0.2, -0.15) is 28.3 Å². The Kier molecular flexibility index (Phi) is 5.08. The van der Waals surface area contributed by atoms with Crippen molar-refractivity contribution in [1.82, 2.24) is 9.58 Å². The molecule has 0 atom stereocenters. The molecule has 14 heteroatoms. The van der Waals surface area contributed by atoms with Crippen molar-refractivity contribution < 1.29 is 27.6 Å². The number of aromatic nitrogens is 1. The summed E-state index contributed by atoms with van der Waals surface area (Å²) in [5.74, 6) is -1.28. The summed E-state index contributed by atoms with van der Waals surface area (Å²) in [5.41, 5.74) is 0.301. The molecule has 0 aliphatic carbocycles. The van der Waals surface area contributed by atoms with Gasteiger partial charge in [0.15, 0.2) is 5.84 Å². The Morgan fingerprint density at radius 3 is 2.72 bits per heavy atom. The summed E-state index contributed by atoms with van der Waals surface area (Å²) in [4.78, 5) is 26.5. The molecule has 0 unspecified atom stereocenters. The minimum atomic E-state index is -4.74. The van der Waals surface area contributed by atoms with Crippen molar-refractivity contribution in [2.45, 2.75) is 6.18 Å². The summed E-state index contributed by atoms with van der Waals surface area (Å²) >= 11 is 0.163. The number of halogens is 3. The van der Waals surface area contributed by atoms with Crippen molar-refractivity contribution in [1.29, 1.82) is 5.41 Å². The first kappa shape index (κ1) is 21.3. The molecule has 4 rings (SSSR count). The third kappa shape index (κ3) is 3.64. The minimum absolute atomic E-state index is 0.163. The Morgan fingerprint density at radius 2 is 2.06 bits per heavy atom. The zero-order valence-corrected chi connectivity index (χ0v) is 16.8. The number of methoxy groups -OCH3 is 1. The predicted molar refractivity (Wildman–Crippen MR) is 110 cm³/mol. The second-order valence-corrected chi connectivity index (χ2v) is 7.30. The lowest BCUT2D eigenvalue weighted by Crippen LogP contribution is -2.35. The molecule has 2 aliphatic rings. The smallest absolute Gasteiger partial charge is 0.441 e. The van der Waals surface area contributed by atoms with Crippen LogP contribution in [0.15, 0.2) is 52.2 Å². The number of ether oxygens (including phenoxy) is 1. The van der Waals surface area contributed by atoms with Gasteiger partial charge in [0.25, 0.3) is 11.6 Å². The number of alkyl halides is 3. The number of non-ortho nitro benzene ring substituents is 1. The fourth-order valence-corrected chi connectivity index (χ4v) is 3.72. The van der Waals surface area contributed by atoms with Crippen LogP contribution in [0.3, 0.4) is 0 Å². The molecule has 0 saturated heterocycles. The maximum Gasteiger partial charge on any atom is 0.441 e. The van der Waals surface area contributed by atoms with E-state index in [-0.39, 0.29) is 33.9 Å². The van der Waals surface area contributed by atoms with Gasteiger partial charge in [0.1, 0.15) is 5.75 Å². The fourth-order valence-electron chi connectivity index (χ4n) is 2.96. The highest BCUT2D eigenvalue weighted by molar-refractivity contribution is 8.27. The molecule has 0 bridgehead atoms. The van der Waals surface area contributed by atoms with Gasteiger partial charge < -0.3 is 9.30 Å². The van der Waals surface area contributed by atoms with Crippen molar-refractivity contribution in [2.75, 3.05) is 7.11 Å². The Morgan fingerprint density at radius 1 is 1.31 bits per heavy atom. The van der Waals surface area contributed by atoms with Crippen LogP contribution in [0.1, 0.15) is 5.69 Å². The number of amides is 1. The molecular formula is C18H11F3N6O4S. The number of thioether (sulfide) groups is 1. The molecule has 0 fully saturated rings.